The van der Waals surface area contributed by atoms with Gasteiger partial charge in [0.2, 0.25) is 0 Å². The molecule has 0 saturated heterocycles. The molecule has 0 aliphatic heterocycles. The van der Waals surface area contributed by atoms with Crippen molar-refractivity contribution in [2.75, 3.05) is 13.2 Å². The van der Waals surface area contributed by atoms with Crippen LogP contribution in [0.2, 0.25) is 0 Å². The summed E-state index contributed by atoms with van der Waals surface area (Å²) in [6.45, 7) is 0.106. The lowest BCUT2D eigenvalue weighted by Gasteiger charge is -2.18. The van der Waals surface area contributed by atoms with Crippen LogP contribution in [0.1, 0.15) is 12.5 Å². The number of phenolic OH excluding ortho intramolecular Hbond substituents is 1. The Hall–Kier alpha value is -1.20. The number of halogens is 2. The maximum atomic E-state index is 12.8. The van der Waals surface area contributed by atoms with Gasteiger partial charge in [-0.05, 0) is 31.0 Å². The number of hydrogen-bond donors (Lipinski definition) is 3. The lowest BCUT2D eigenvalue weighted by atomic mass is 10.1. The highest BCUT2D eigenvalue weighted by molar-refractivity contribution is 5.26. The van der Waals surface area contributed by atoms with Crippen LogP contribution in [0.3, 0.4) is 0 Å². The fourth-order valence-corrected chi connectivity index (χ4v) is 1.44. The van der Waals surface area contributed by atoms with Gasteiger partial charge in [-0.1, -0.05) is 12.1 Å². The minimum Gasteiger partial charge on any atom is -0.508 e. The summed E-state index contributed by atoms with van der Waals surface area (Å²) in [6, 6.07) is 6.49. The maximum Gasteiger partial charge on any atom is 0.282 e. The van der Waals surface area contributed by atoms with Gasteiger partial charge in [0, 0.05) is 6.04 Å². The first-order chi connectivity index (χ1) is 7.93. The van der Waals surface area contributed by atoms with Crippen LogP contribution in [0.5, 0.6) is 5.75 Å². The average molecular weight is 245 g/mol. The van der Waals surface area contributed by atoms with E-state index < -0.39 is 19.1 Å². The first kappa shape index (κ1) is 13.9. The zero-order valence-electron chi connectivity index (χ0n) is 9.66. The van der Waals surface area contributed by atoms with Gasteiger partial charge >= 0.3 is 0 Å². The largest absolute Gasteiger partial charge is 0.508 e. The molecule has 3 nitrogen and oxygen atoms in total. The Balaban J connectivity index is 2.39. The van der Waals surface area contributed by atoms with Gasteiger partial charge in [-0.2, -0.15) is 0 Å². The van der Waals surface area contributed by atoms with E-state index in [9.17, 15) is 8.78 Å². The molecule has 1 unspecified atom stereocenters. The third-order valence-electron chi connectivity index (χ3n) is 2.42. The number of alkyl halides is 2. The summed E-state index contributed by atoms with van der Waals surface area (Å²) in [6.07, 6.45) is 0.585. The van der Waals surface area contributed by atoms with Gasteiger partial charge < -0.3 is 15.5 Å². The molecule has 0 saturated carbocycles. The summed E-state index contributed by atoms with van der Waals surface area (Å²) in [5.41, 5.74) is 0.954. The fraction of sp³-hybridized carbons (Fsp3) is 0.500. The van der Waals surface area contributed by atoms with E-state index in [2.05, 4.69) is 5.32 Å². The Labute approximate surface area is 99.1 Å². The molecule has 0 heterocycles. The second-order valence-corrected chi connectivity index (χ2v) is 4.17. The van der Waals surface area contributed by atoms with E-state index in [1.807, 2.05) is 0 Å². The van der Waals surface area contributed by atoms with Crippen molar-refractivity contribution in [2.24, 2.45) is 0 Å². The highest BCUT2D eigenvalue weighted by Gasteiger charge is 2.27. The molecule has 1 rings (SSSR count). The van der Waals surface area contributed by atoms with Crippen LogP contribution in [-0.2, 0) is 6.42 Å². The molecule has 0 aromatic heterocycles. The van der Waals surface area contributed by atoms with E-state index in [0.29, 0.717) is 6.42 Å². The lowest BCUT2D eigenvalue weighted by molar-refractivity contribution is -0.0490. The Bertz CT molecular complexity index is 341. The summed E-state index contributed by atoms with van der Waals surface area (Å²) in [5.74, 6) is -2.90. The number of benzene rings is 1. The number of hydrogen-bond acceptors (Lipinski definition) is 3. The van der Waals surface area contributed by atoms with Gasteiger partial charge in [0.1, 0.15) is 12.4 Å². The van der Waals surface area contributed by atoms with Crippen LogP contribution >= 0.6 is 0 Å². The standard InChI is InChI=1S/C12H17F2NO2/c1-9(15-7-12(13,14)8-16)6-10-2-4-11(17)5-3-10/h2-5,9,15-17H,6-8H2,1H3. The SMILES string of the molecule is CC(Cc1ccc(O)cc1)NCC(F)(F)CO. The van der Waals surface area contributed by atoms with Crippen LogP contribution < -0.4 is 5.32 Å². The first-order valence-corrected chi connectivity index (χ1v) is 5.43. The smallest absolute Gasteiger partial charge is 0.282 e. The van der Waals surface area contributed by atoms with Gasteiger partial charge in [-0.3, -0.25) is 0 Å². The first-order valence-electron chi connectivity index (χ1n) is 5.43. The predicted molar refractivity (Wildman–Crippen MR) is 61.3 cm³/mol. The van der Waals surface area contributed by atoms with Gasteiger partial charge in [-0.15, -0.1) is 0 Å². The van der Waals surface area contributed by atoms with E-state index >= 15 is 0 Å². The molecule has 96 valence electrons. The Kier molecular flexibility index (Phi) is 4.84. The highest BCUT2D eigenvalue weighted by Crippen LogP contribution is 2.13. The van der Waals surface area contributed by atoms with Gasteiger partial charge in [-0.25, -0.2) is 8.78 Å². The van der Waals surface area contributed by atoms with E-state index in [0.717, 1.165) is 5.56 Å². The molecule has 0 bridgehead atoms. The predicted octanol–water partition coefficient (Wildman–Crippen LogP) is 1.54. The number of phenols is 1. The van der Waals surface area contributed by atoms with E-state index in [4.69, 9.17) is 10.2 Å². The fourth-order valence-electron chi connectivity index (χ4n) is 1.44. The van der Waals surface area contributed by atoms with Crippen LogP contribution in [-0.4, -0.2) is 35.3 Å². The third-order valence-corrected chi connectivity index (χ3v) is 2.42. The molecule has 0 spiro atoms. The van der Waals surface area contributed by atoms with Crippen molar-refractivity contribution < 1.29 is 19.0 Å². The number of aliphatic hydroxyl groups excluding tert-OH is 1. The third kappa shape index (κ3) is 5.10. The minimum absolute atomic E-state index is 0.128. The second-order valence-electron chi connectivity index (χ2n) is 4.17. The van der Waals surface area contributed by atoms with E-state index in [-0.39, 0.29) is 11.8 Å². The van der Waals surface area contributed by atoms with Crippen molar-refractivity contribution >= 4 is 0 Å². The summed E-state index contributed by atoms with van der Waals surface area (Å²) in [7, 11) is 0. The second kappa shape index (κ2) is 5.93. The lowest BCUT2D eigenvalue weighted by Crippen LogP contribution is -2.40. The molecule has 17 heavy (non-hydrogen) atoms. The van der Waals surface area contributed by atoms with Crippen LogP contribution in [0.15, 0.2) is 24.3 Å². The van der Waals surface area contributed by atoms with Crippen molar-refractivity contribution in [3.8, 4) is 5.75 Å². The minimum atomic E-state index is -3.08. The number of nitrogens with one attached hydrogen (secondary N) is 1. The molecule has 0 aliphatic rings. The molecule has 0 amide bonds. The molecule has 0 fully saturated rings. The molecular formula is C12H17F2NO2. The molecule has 1 aromatic rings. The summed E-state index contributed by atoms with van der Waals surface area (Å²) < 4.78 is 25.5. The summed E-state index contributed by atoms with van der Waals surface area (Å²) in [5, 5.41) is 20.2. The highest BCUT2D eigenvalue weighted by atomic mass is 19.3. The van der Waals surface area contributed by atoms with Gasteiger partial charge in [0.25, 0.3) is 5.92 Å². The molecule has 0 radical (unpaired) electrons. The molecule has 0 aliphatic carbocycles. The van der Waals surface area contributed by atoms with Crippen molar-refractivity contribution in [2.45, 2.75) is 25.3 Å². The van der Waals surface area contributed by atoms with E-state index in [1.165, 1.54) is 0 Å². The molecule has 1 atom stereocenters. The average Bonchev–Trinajstić information content (AvgIpc) is 2.30. The van der Waals surface area contributed by atoms with E-state index in [1.54, 1.807) is 31.2 Å². The Morgan fingerprint density at radius 2 is 1.88 bits per heavy atom. The van der Waals surface area contributed by atoms with Crippen molar-refractivity contribution in [1.29, 1.82) is 0 Å². The summed E-state index contributed by atoms with van der Waals surface area (Å²) in [4.78, 5) is 0. The topological polar surface area (TPSA) is 52.5 Å². The Morgan fingerprint density at radius 1 is 1.29 bits per heavy atom. The maximum absolute atomic E-state index is 12.8. The van der Waals surface area contributed by atoms with Crippen LogP contribution in [0.25, 0.3) is 0 Å². The van der Waals surface area contributed by atoms with Crippen LogP contribution in [0, 0.1) is 0 Å². The number of rotatable bonds is 6. The normalized spacial score (nSPS) is 13.6. The zero-order chi connectivity index (χ0) is 12.9. The number of aromatic hydroxyl groups is 1. The van der Waals surface area contributed by atoms with Gasteiger partial charge in [0.15, 0.2) is 0 Å². The molecule has 1 aromatic carbocycles. The zero-order valence-corrected chi connectivity index (χ0v) is 9.66. The van der Waals surface area contributed by atoms with Crippen molar-refractivity contribution in [3.05, 3.63) is 29.8 Å². The Morgan fingerprint density at radius 3 is 2.41 bits per heavy atom. The molecule has 3 N–H and O–H groups in total. The molecule has 5 heteroatoms. The number of aliphatic hydroxyl groups is 1. The monoisotopic (exact) mass is 245 g/mol. The van der Waals surface area contributed by atoms with Crippen LogP contribution in [0.4, 0.5) is 8.78 Å². The van der Waals surface area contributed by atoms with Crippen molar-refractivity contribution in [1.82, 2.24) is 5.32 Å². The quantitative estimate of drug-likeness (QED) is 0.712. The van der Waals surface area contributed by atoms with Gasteiger partial charge in [0.05, 0.1) is 6.54 Å². The van der Waals surface area contributed by atoms with Crippen molar-refractivity contribution in [3.63, 3.8) is 0 Å². The summed E-state index contributed by atoms with van der Waals surface area (Å²) >= 11 is 0. The molecular weight excluding hydrogens is 228 g/mol.